The summed E-state index contributed by atoms with van der Waals surface area (Å²) >= 11 is 0. The fourth-order valence-electron chi connectivity index (χ4n) is 2.33. The summed E-state index contributed by atoms with van der Waals surface area (Å²) in [4.78, 5) is 15.9. The highest BCUT2D eigenvalue weighted by Crippen LogP contribution is 2.18. The molecule has 8 nitrogen and oxygen atoms in total. The monoisotopic (exact) mass is 375 g/mol. The molecule has 0 radical (unpaired) electrons. The van der Waals surface area contributed by atoms with Gasteiger partial charge in [-0.15, -0.1) is 0 Å². The Kier molecular flexibility index (Phi) is 5.38. The molecule has 1 aliphatic carbocycles. The molecule has 1 fully saturated rings. The first kappa shape index (κ1) is 18.2. The molecule has 0 atom stereocenters. The second kappa shape index (κ2) is 7.71. The van der Waals surface area contributed by atoms with Gasteiger partial charge in [-0.05, 0) is 49.1 Å². The summed E-state index contributed by atoms with van der Waals surface area (Å²) in [6.07, 6.45) is 4.44. The molecular weight excluding hydrogens is 354 g/mol. The van der Waals surface area contributed by atoms with E-state index in [0.29, 0.717) is 24.8 Å². The van der Waals surface area contributed by atoms with Crippen LogP contribution in [0, 0.1) is 0 Å². The number of primary sulfonamides is 1. The van der Waals surface area contributed by atoms with Crippen molar-refractivity contribution in [1.29, 1.82) is 0 Å². The van der Waals surface area contributed by atoms with E-state index >= 15 is 0 Å². The van der Waals surface area contributed by atoms with E-state index in [2.05, 4.69) is 20.9 Å². The Morgan fingerprint density at radius 3 is 2.46 bits per heavy atom. The first-order chi connectivity index (χ1) is 12.4. The van der Waals surface area contributed by atoms with E-state index in [9.17, 15) is 13.2 Å². The molecule has 0 spiro atoms. The van der Waals surface area contributed by atoms with Crippen molar-refractivity contribution in [3.8, 4) is 0 Å². The Bertz CT molecular complexity index is 862. The number of nitrogens with zero attached hydrogens (tertiary/aromatic N) is 1. The number of carbonyl (C=O) groups excluding carboxylic acids is 1. The third kappa shape index (κ3) is 5.43. The number of urea groups is 1. The zero-order chi connectivity index (χ0) is 18.6. The average molecular weight is 375 g/mol. The first-order valence-electron chi connectivity index (χ1n) is 8.29. The van der Waals surface area contributed by atoms with Crippen molar-refractivity contribution in [2.24, 2.45) is 5.14 Å². The van der Waals surface area contributed by atoms with Crippen LogP contribution in [0.4, 0.5) is 16.3 Å². The van der Waals surface area contributed by atoms with Crippen LogP contribution in [-0.4, -0.2) is 32.0 Å². The summed E-state index contributed by atoms with van der Waals surface area (Å²) in [5, 5.41) is 13.8. The number of carbonyl (C=O) groups is 1. The molecule has 0 aliphatic heterocycles. The van der Waals surface area contributed by atoms with Crippen LogP contribution in [0.25, 0.3) is 0 Å². The van der Waals surface area contributed by atoms with E-state index in [4.69, 9.17) is 5.14 Å². The maximum Gasteiger partial charge on any atom is 0.320 e. The number of pyridine rings is 1. The Hall–Kier alpha value is -2.65. The zero-order valence-corrected chi connectivity index (χ0v) is 14.9. The van der Waals surface area contributed by atoms with E-state index in [0.717, 1.165) is 24.1 Å². The van der Waals surface area contributed by atoms with Crippen LogP contribution in [-0.2, 0) is 16.4 Å². The number of nitrogens with two attached hydrogens (primary N) is 1. The van der Waals surface area contributed by atoms with Crippen LogP contribution in [0.2, 0.25) is 0 Å². The van der Waals surface area contributed by atoms with Crippen LogP contribution in [0.15, 0.2) is 47.5 Å². The number of amides is 2. The molecule has 9 heteroatoms. The summed E-state index contributed by atoms with van der Waals surface area (Å²) in [6, 6.07) is 10.1. The number of rotatable bonds is 7. The molecule has 5 N–H and O–H groups in total. The fourth-order valence-corrected chi connectivity index (χ4v) is 2.85. The molecule has 138 valence electrons. The summed E-state index contributed by atoms with van der Waals surface area (Å²) < 4.78 is 22.4. The van der Waals surface area contributed by atoms with Gasteiger partial charge in [-0.3, -0.25) is 5.32 Å². The predicted molar refractivity (Wildman–Crippen MR) is 99.4 cm³/mol. The summed E-state index contributed by atoms with van der Waals surface area (Å²) in [5.74, 6) is 0.493. The number of aromatic nitrogens is 1. The highest BCUT2D eigenvalue weighted by Gasteiger charge is 2.23. The van der Waals surface area contributed by atoms with Gasteiger partial charge in [0.2, 0.25) is 10.0 Å². The molecule has 3 rings (SSSR count). The Labute approximate surface area is 152 Å². The van der Waals surface area contributed by atoms with Crippen molar-refractivity contribution >= 4 is 27.6 Å². The van der Waals surface area contributed by atoms with Crippen molar-refractivity contribution in [2.75, 3.05) is 17.2 Å². The maximum atomic E-state index is 11.6. The lowest BCUT2D eigenvalue weighted by Crippen LogP contribution is -2.30. The summed E-state index contributed by atoms with van der Waals surface area (Å²) in [7, 11) is -3.66. The number of anilines is 2. The summed E-state index contributed by atoms with van der Waals surface area (Å²) in [5.41, 5.74) is 1.83. The zero-order valence-electron chi connectivity index (χ0n) is 14.1. The van der Waals surface area contributed by atoms with Crippen LogP contribution in [0.3, 0.4) is 0 Å². The van der Waals surface area contributed by atoms with Gasteiger partial charge < -0.3 is 10.6 Å². The van der Waals surface area contributed by atoms with E-state index in [1.165, 1.54) is 12.1 Å². The molecule has 1 saturated carbocycles. The van der Waals surface area contributed by atoms with E-state index in [1.54, 1.807) is 24.4 Å². The van der Waals surface area contributed by atoms with Crippen molar-refractivity contribution in [2.45, 2.75) is 30.2 Å². The van der Waals surface area contributed by atoms with Crippen molar-refractivity contribution < 1.29 is 13.2 Å². The van der Waals surface area contributed by atoms with E-state index in [1.807, 2.05) is 6.07 Å². The Morgan fingerprint density at radius 2 is 1.88 bits per heavy atom. The van der Waals surface area contributed by atoms with Crippen molar-refractivity contribution in [3.05, 3.63) is 48.2 Å². The minimum atomic E-state index is -3.66. The van der Waals surface area contributed by atoms with Crippen LogP contribution in [0.5, 0.6) is 0 Å². The lowest BCUT2D eigenvalue weighted by Gasteiger charge is -2.09. The number of hydrogen-bond donors (Lipinski definition) is 4. The van der Waals surface area contributed by atoms with Gasteiger partial charge in [0.15, 0.2) is 0 Å². The van der Waals surface area contributed by atoms with Gasteiger partial charge in [-0.1, -0.05) is 12.1 Å². The molecule has 2 aromatic rings. The topological polar surface area (TPSA) is 126 Å². The van der Waals surface area contributed by atoms with Crippen molar-refractivity contribution in [3.63, 3.8) is 0 Å². The quantitative estimate of drug-likeness (QED) is 0.585. The second-order valence-corrected chi connectivity index (χ2v) is 7.73. The lowest BCUT2D eigenvalue weighted by atomic mass is 10.1. The molecule has 1 aliphatic rings. The standard InChI is InChI=1S/C17H21N5O3S/c18-26(24,25)15-6-1-12(2-7-15)9-10-19-14-5-8-16(20-11-14)22-17(23)21-13-3-4-13/h1-2,5-8,11,13,19H,3-4,9-10H2,(H2,18,24,25)(H2,20,21,22,23). The lowest BCUT2D eigenvalue weighted by molar-refractivity contribution is 0.251. The van der Waals surface area contributed by atoms with Gasteiger partial charge in [0.1, 0.15) is 5.82 Å². The number of hydrogen-bond acceptors (Lipinski definition) is 5. The number of benzene rings is 1. The molecule has 0 unspecified atom stereocenters. The summed E-state index contributed by atoms with van der Waals surface area (Å²) in [6.45, 7) is 0.658. The van der Waals surface area contributed by atoms with Gasteiger partial charge >= 0.3 is 6.03 Å². The molecule has 0 bridgehead atoms. The molecule has 1 aromatic heterocycles. The SMILES string of the molecule is NS(=O)(=O)c1ccc(CCNc2ccc(NC(=O)NC3CC3)nc2)cc1. The van der Waals surface area contributed by atoms with Crippen LogP contribution >= 0.6 is 0 Å². The smallest absolute Gasteiger partial charge is 0.320 e. The normalized spacial score (nSPS) is 13.9. The number of nitrogens with one attached hydrogen (secondary N) is 3. The molecule has 2 amide bonds. The molecular formula is C17H21N5O3S. The third-order valence-corrected chi connectivity index (χ3v) is 4.84. The van der Waals surface area contributed by atoms with Gasteiger partial charge in [0, 0.05) is 12.6 Å². The van der Waals surface area contributed by atoms with Gasteiger partial charge in [0.25, 0.3) is 0 Å². The van der Waals surface area contributed by atoms with E-state index in [-0.39, 0.29) is 10.9 Å². The van der Waals surface area contributed by atoms with Crippen LogP contribution in [0.1, 0.15) is 18.4 Å². The van der Waals surface area contributed by atoms with E-state index < -0.39 is 10.0 Å². The molecule has 26 heavy (non-hydrogen) atoms. The predicted octanol–water partition coefficient (Wildman–Crippen LogP) is 1.67. The molecule has 1 aromatic carbocycles. The van der Waals surface area contributed by atoms with Gasteiger partial charge in [-0.25, -0.2) is 23.3 Å². The maximum absolute atomic E-state index is 11.6. The first-order valence-corrected chi connectivity index (χ1v) is 9.84. The molecule has 0 saturated heterocycles. The molecule has 1 heterocycles. The van der Waals surface area contributed by atoms with Crippen LogP contribution < -0.4 is 21.1 Å². The second-order valence-electron chi connectivity index (χ2n) is 6.17. The Balaban J connectivity index is 1.45. The highest BCUT2D eigenvalue weighted by atomic mass is 32.2. The number of sulfonamides is 1. The average Bonchev–Trinajstić information content (AvgIpc) is 3.40. The largest absolute Gasteiger partial charge is 0.383 e. The van der Waals surface area contributed by atoms with Gasteiger partial charge in [-0.2, -0.15) is 0 Å². The highest BCUT2D eigenvalue weighted by molar-refractivity contribution is 7.89. The van der Waals surface area contributed by atoms with Gasteiger partial charge in [0.05, 0.1) is 16.8 Å². The third-order valence-electron chi connectivity index (χ3n) is 3.91. The van der Waals surface area contributed by atoms with Crippen molar-refractivity contribution in [1.82, 2.24) is 10.3 Å². The fraction of sp³-hybridized carbons (Fsp3) is 0.294. The minimum Gasteiger partial charge on any atom is -0.383 e. The minimum absolute atomic E-state index is 0.104. The Morgan fingerprint density at radius 1 is 1.15 bits per heavy atom.